The Labute approximate surface area is 245 Å². The summed E-state index contributed by atoms with van der Waals surface area (Å²) in [6.45, 7) is 5.45. The molecule has 13 heteroatoms. The zero-order valence-corrected chi connectivity index (χ0v) is 25.0. The van der Waals surface area contributed by atoms with Crippen molar-refractivity contribution < 1.29 is 36.7 Å². The van der Waals surface area contributed by atoms with Gasteiger partial charge >= 0.3 is 6.09 Å². The monoisotopic (exact) mass is 606 g/mol. The van der Waals surface area contributed by atoms with E-state index in [1.165, 1.54) is 17.0 Å². The molecule has 0 bridgehead atoms. The van der Waals surface area contributed by atoms with Gasteiger partial charge in [-0.1, -0.05) is 37.1 Å². The summed E-state index contributed by atoms with van der Waals surface area (Å²) in [7, 11) is -4.56. The van der Waals surface area contributed by atoms with E-state index in [0.29, 0.717) is 32.1 Å². The number of fused-ring (bicyclic) bond motifs is 2. The molecule has 0 aromatic heterocycles. The van der Waals surface area contributed by atoms with E-state index in [2.05, 4.69) is 10.6 Å². The molecular weight excluding hydrogens is 567 g/mol. The average molecular weight is 607 g/mol. The minimum absolute atomic E-state index is 0.150. The fourth-order valence-electron chi connectivity index (χ4n) is 5.47. The third-order valence-corrected chi connectivity index (χ3v) is 9.04. The van der Waals surface area contributed by atoms with Gasteiger partial charge in [0.1, 0.15) is 33.9 Å². The van der Waals surface area contributed by atoms with Crippen molar-refractivity contribution in [2.75, 3.05) is 6.54 Å². The van der Waals surface area contributed by atoms with Crippen molar-refractivity contribution in [1.29, 1.82) is 0 Å². The fraction of sp³-hybridized carbons (Fsp3) is 0.586. The third-order valence-electron chi connectivity index (χ3n) is 7.68. The van der Waals surface area contributed by atoms with Crippen molar-refractivity contribution in [3.8, 4) is 0 Å². The number of benzene rings is 1. The number of ether oxygens (including phenoxy) is 1. The Morgan fingerprint density at radius 2 is 1.83 bits per heavy atom. The van der Waals surface area contributed by atoms with Gasteiger partial charge in [0.15, 0.2) is 0 Å². The predicted octanol–water partition coefficient (Wildman–Crippen LogP) is 2.91. The van der Waals surface area contributed by atoms with Crippen LogP contribution in [0.25, 0.3) is 0 Å². The summed E-state index contributed by atoms with van der Waals surface area (Å²) in [5, 5.41) is 5.41. The van der Waals surface area contributed by atoms with Crippen LogP contribution in [-0.2, 0) is 29.1 Å². The Bertz CT molecular complexity index is 1360. The molecule has 4 amide bonds. The molecule has 11 nitrogen and oxygen atoms in total. The smallest absolute Gasteiger partial charge is 0.408 e. The molecule has 42 heavy (non-hydrogen) atoms. The summed E-state index contributed by atoms with van der Waals surface area (Å²) in [5.41, 5.74) is -2.33. The van der Waals surface area contributed by atoms with Gasteiger partial charge in [-0.3, -0.25) is 14.4 Å². The molecule has 4 atom stereocenters. The van der Waals surface area contributed by atoms with Crippen LogP contribution in [0.1, 0.15) is 72.1 Å². The molecule has 1 aromatic rings. The minimum atomic E-state index is -4.56. The number of carbonyl (C=O) groups excluding carboxylic acids is 4. The largest absolute Gasteiger partial charge is 0.444 e. The topological polar surface area (TPSA) is 151 Å². The van der Waals surface area contributed by atoms with Gasteiger partial charge in [-0.25, -0.2) is 22.3 Å². The van der Waals surface area contributed by atoms with E-state index >= 15 is 0 Å². The minimum Gasteiger partial charge on any atom is -0.444 e. The predicted molar refractivity (Wildman–Crippen MR) is 151 cm³/mol. The fourth-order valence-corrected chi connectivity index (χ4v) is 6.59. The van der Waals surface area contributed by atoms with E-state index in [9.17, 15) is 32.0 Å². The van der Waals surface area contributed by atoms with E-state index < -0.39 is 73.7 Å². The lowest BCUT2D eigenvalue weighted by Gasteiger charge is -2.30. The van der Waals surface area contributed by atoms with Crippen molar-refractivity contribution in [2.45, 2.75) is 100 Å². The van der Waals surface area contributed by atoms with Gasteiger partial charge in [-0.05, 0) is 71.4 Å². The van der Waals surface area contributed by atoms with Crippen molar-refractivity contribution in [1.82, 2.24) is 20.3 Å². The van der Waals surface area contributed by atoms with Crippen LogP contribution in [0.4, 0.5) is 9.18 Å². The number of alkyl carbamates (subject to hydrolysis) is 1. The number of hydrogen-bond acceptors (Lipinski definition) is 7. The van der Waals surface area contributed by atoms with E-state index in [1.807, 2.05) is 10.8 Å². The van der Waals surface area contributed by atoms with Crippen LogP contribution < -0.4 is 15.4 Å². The van der Waals surface area contributed by atoms with Gasteiger partial charge in [0.25, 0.3) is 15.9 Å². The highest BCUT2D eigenvalue weighted by atomic mass is 32.2. The first-order valence-corrected chi connectivity index (χ1v) is 15.8. The van der Waals surface area contributed by atoms with Crippen molar-refractivity contribution in [2.24, 2.45) is 5.92 Å². The molecule has 1 unspecified atom stereocenters. The molecule has 3 aliphatic rings. The van der Waals surface area contributed by atoms with E-state index in [4.69, 9.17) is 4.74 Å². The Balaban J connectivity index is 1.57. The molecule has 1 aliphatic carbocycles. The Morgan fingerprint density at radius 1 is 1.10 bits per heavy atom. The van der Waals surface area contributed by atoms with Gasteiger partial charge < -0.3 is 20.3 Å². The normalized spacial score (nSPS) is 27.8. The lowest BCUT2D eigenvalue weighted by Crippen LogP contribution is -2.58. The molecule has 2 fully saturated rings. The van der Waals surface area contributed by atoms with Crippen LogP contribution in [0.5, 0.6) is 0 Å². The molecule has 2 aliphatic heterocycles. The zero-order valence-electron chi connectivity index (χ0n) is 24.2. The van der Waals surface area contributed by atoms with Crippen LogP contribution in [-0.4, -0.2) is 66.9 Å². The first kappa shape index (κ1) is 31.5. The molecular formula is C29H39FN4O7S. The summed E-state index contributed by atoms with van der Waals surface area (Å²) in [6, 6.07) is 2.88. The van der Waals surface area contributed by atoms with Gasteiger partial charge in [-0.2, -0.15) is 0 Å². The molecule has 3 N–H and O–H groups in total. The van der Waals surface area contributed by atoms with Crippen LogP contribution in [0.2, 0.25) is 0 Å². The lowest BCUT2D eigenvalue weighted by molar-refractivity contribution is -0.141. The number of nitrogens with zero attached hydrogens (tertiary/aromatic N) is 1. The summed E-state index contributed by atoms with van der Waals surface area (Å²) in [5.74, 6) is -3.48. The quantitative estimate of drug-likeness (QED) is 0.446. The highest BCUT2D eigenvalue weighted by molar-refractivity contribution is 7.90. The van der Waals surface area contributed by atoms with Crippen molar-refractivity contribution >= 4 is 33.8 Å². The Kier molecular flexibility index (Phi) is 9.29. The van der Waals surface area contributed by atoms with Gasteiger partial charge in [0.05, 0.1) is 0 Å². The molecule has 1 aromatic carbocycles. The molecule has 4 rings (SSSR count). The van der Waals surface area contributed by atoms with Crippen LogP contribution in [0.15, 0.2) is 41.3 Å². The summed E-state index contributed by atoms with van der Waals surface area (Å²) in [4.78, 5) is 54.0. The van der Waals surface area contributed by atoms with Crippen molar-refractivity contribution in [3.05, 3.63) is 42.2 Å². The third kappa shape index (κ3) is 7.29. The van der Waals surface area contributed by atoms with E-state index in [0.717, 1.165) is 25.0 Å². The molecule has 0 radical (unpaired) electrons. The summed E-state index contributed by atoms with van der Waals surface area (Å²) >= 11 is 0. The summed E-state index contributed by atoms with van der Waals surface area (Å²) < 4.78 is 47.3. The van der Waals surface area contributed by atoms with Gasteiger partial charge in [0.2, 0.25) is 11.8 Å². The average Bonchev–Trinajstić information content (AvgIpc) is 3.35. The number of carbonyl (C=O) groups is 4. The maximum absolute atomic E-state index is 14.2. The Morgan fingerprint density at radius 3 is 2.55 bits per heavy atom. The maximum Gasteiger partial charge on any atom is 0.408 e. The maximum atomic E-state index is 14.2. The molecule has 0 spiro atoms. The second-order valence-electron chi connectivity index (χ2n) is 12.1. The first-order chi connectivity index (χ1) is 19.7. The lowest BCUT2D eigenvalue weighted by atomic mass is 10.0. The highest BCUT2D eigenvalue weighted by Gasteiger charge is 2.61. The molecule has 1 saturated heterocycles. The molecule has 2 heterocycles. The summed E-state index contributed by atoms with van der Waals surface area (Å²) in [6.07, 6.45) is 7.24. The second kappa shape index (κ2) is 12.4. The second-order valence-corrected chi connectivity index (χ2v) is 13.7. The number of rotatable bonds is 4. The van der Waals surface area contributed by atoms with E-state index in [1.54, 1.807) is 26.8 Å². The standard InChI is InChI=1S/C29H39FN4O7S/c1-28(2,3)41-27(38)31-21-14-8-6-4-5-7-12-19-18-29(19,32-24(35)22-15-11-17-34(22)25(21)36)26(37)33-42(39,40)23-16-10-9-13-20(23)30/h7,9-10,12-13,16,19,21-22H,4-6,8,11,14-15,17-18H2,1-3H3,(H,31,38)(H,32,35)(H,33,37)/b12-7-/t19-,21+,22?,29-/m1/s1. The number of amides is 4. The highest BCUT2D eigenvalue weighted by Crippen LogP contribution is 2.45. The Hall–Kier alpha value is -3.48. The first-order valence-electron chi connectivity index (χ1n) is 14.3. The number of hydrogen-bond donors (Lipinski definition) is 3. The van der Waals surface area contributed by atoms with Gasteiger partial charge in [-0.15, -0.1) is 0 Å². The van der Waals surface area contributed by atoms with Gasteiger partial charge in [0, 0.05) is 12.5 Å². The van der Waals surface area contributed by atoms with Crippen LogP contribution in [0, 0.1) is 11.7 Å². The zero-order chi connectivity index (χ0) is 30.7. The number of halogens is 1. The van der Waals surface area contributed by atoms with Crippen LogP contribution >= 0.6 is 0 Å². The van der Waals surface area contributed by atoms with E-state index in [-0.39, 0.29) is 13.0 Å². The number of allylic oxidation sites excluding steroid dienone is 1. The number of nitrogens with one attached hydrogen (secondary N) is 3. The van der Waals surface area contributed by atoms with Crippen LogP contribution in [0.3, 0.4) is 0 Å². The van der Waals surface area contributed by atoms with Crippen molar-refractivity contribution in [3.63, 3.8) is 0 Å². The SMILES string of the molecule is CC(C)(C)OC(=O)N[C@H]1CCCCC/C=C\[C@@H]2C[C@@]2(C(=O)NS(=O)(=O)c2ccccc2F)NC(=O)C2CCCN2C1=O. The number of sulfonamides is 1. The molecule has 1 saturated carbocycles. The molecule has 230 valence electrons.